The number of halogens is 1. The molecule has 3 aliphatic rings. The molecule has 1 saturated carbocycles. The Balaban J connectivity index is 1.82. The third-order valence-corrected chi connectivity index (χ3v) is 8.26. The number of aromatic hydroxyl groups is 1. The molecule has 2 aromatic carbocycles. The Kier molecular flexibility index (Phi) is 5.94. The lowest BCUT2D eigenvalue weighted by Crippen LogP contribution is -2.70. The van der Waals surface area contributed by atoms with Crippen LogP contribution in [0.2, 0.25) is 0 Å². The van der Waals surface area contributed by atoms with Crippen LogP contribution in [-0.4, -0.2) is 79.7 Å². The second-order valence-electron chi connectivity index (χ2n) is 10.5. The molecule has 0 saturated heterocycles. The van der Waals surface area contributed by atoms with Gasteiger partial charge in [0.2, 0.25) is 5.78 Å². The highest BCUT2D eigenvalue weighted by molar-refractivity contribution is 6.24. The van der Waals surface area contributed by atoms with E-state index >= 15 is 0 Å². The number of aliphatic hydroxyl groups is 4. The number of carbonyl (C=O) groups is 3. The molecule has 3 aliphatic carbocycles. The SMILES string of the molecule is C[C@H]1c2c(-c3ccc(F)cc3)ccc(O)c2C(O)=C2C(=O)[C@]3(O)C(O)=C(C(N)=O)C(=O)[C@@H](N(C)C)[C@@H]3[C@@H](O)[C@@H]21. The number of aliphatic hydroxyl groups excluding tert-OH is 3. The quantitative estimate of drug-likeness (QED) is 0.314. The monoisotopic (exact) mass is 538 g/mol. The fourth-order valence-electron chi connectivity index (χ4n) is 6.58. The highest BCUT2D eigenvalue weighted by Gasteiger charge is 2.68. The molecule has 2 aromatic rings. The van der Waals surface area contributed by atoms with E-state index in [9.17, 15) is 44.3 Å². The van der Waals surface area contributed by atoms with Gasteiger partial charge in [0.25, 0.3) is 5.91 Å². The average molecular weight is 539 g/mol. The van der Waals surface area contributed by atoms with Gasteiger partial charge in [0.15, 0.2) is 11.4 Å². The average Bonchev–Trinajstić information content (AvgIpc) is 2.86. The van der Waals surface area contributed by atoms with E-state index in [1.54, 1.807) is 13.0 Å². The van der Waals surface area contributed by atoms with Gasteiger partial charge in [0.1, 0.15) is 28.7 Å². The zero-order valence-corrected chi connectivity index (χ0v) is 21.2. The minimum atomic E-state index is -2.98. The van der Waals surface area contributed by atoms with Crippen LogP contribution in [0.15, 0.2) is 53.3 Å². The molecule has 6 atom stereocenters. The Hall–Kier alpha value is -4.06. The number of ketones is 2. The number of nitrogens with two attached hydrogens (primary N) is 1. The first kappa shape index (κ1) is 26.5. The van der Waals surface area contributed by atoms with E-state index in [2.05, 4.69) is 0 Å². The van der Waals surface area contributed by atoms with Gasteiger partial charge in [-0.3, -0.25) is 19.3 Å². The van der Waals surface area contributed by atoms with Gasteiger partial charge < -0.3 is 31.3 Å². The van der Waals surface area contributed by atoms with Crippen LogP contribution in [0.4, 0.5) is 4.39 Å². The Morgan fingerprint density at radius 2 is 1.67 bits per heavy atom. The van der Waals surface area contributed by atoms with Crippen molar-refractivity contribution < 1.29 is 44.3 Å². The number of rotatable bonds is 3. The topological polar surface area (TPSA) is 182 Å². The molecule has 0 radical (unpaired) electrons. The first-order valence-electron chi connectivity index (χ1n) is 12.2. The number of likely N-dealkylation sites (N-methyl/N-ethyl adjacent to an activating group) is 1. The number of nitrogens with zero attached hydrogens (tertiary/aromatic N) is 1. The van der Waals surface area contributed by atoms with Crippen molar-refractivity contribution in [2.24, 2.45) is 17.6 Å². The third kappa shape index (κ3) is 3.40. The fourth-order valence-corrected chi connectivity index (χ4v) is 6.58. The number of amides is 1. The largest absolute Gasteiger partial charge is 0.508 e. The van der Waals surface area contributed by atoms with Gasteiger partial charge in [0, 0.05) is 11.5 Å². The molecule has 0 aromatic heterocycles. The number of phenols is 1. The summed E-state index contributed by atoms with van der Waals surface area (Å²) >= 11 is 0. The van der Waals surface area contributed by atoms with E-state index in [0.717, 1.165) is 0 Å². The van der Waals surface area contributed by atoms with Crippen LogP contribution in [0.1, 0.15) is 24.0 Å². The Bertz CT molecular complexity index is 1510. The Morgan fingerprint density at radius 1 is 1.05 bits per heavy atom. The zero-order chi connectivity index (χ0) is 28.7. The van der Waals surface area contributed by atoms with Gasteiger partial charge in [-0.05, 0) is 54.9 Å². The van der Waals surface area contributed by atoms with Crippen LogP contribution in [0.5, 0.6) is 5.75 Å². The maximum atomic E-state index is 14.0. The summed E-state index contributed by atoms with van der Waals surface area (Å²) in [5, 5.41) is 56.6. The number of fused-ring (bicyclic) bond motifs is 3. The van der Waals surface area contributed by atoms with Crippen LogP contribution >= 0.6 is 0 Å². The molecule has 0 heterocycles. The predicted molar refractivity (Wildman–Crippen MR) is 136 cm³/mol. The van der Waals surface area contributed by atoms with E-state index in [1.807, 2.05) is 0 Å². The van der Waals surface area contributed by atoms with Crippen LogP contribution < -0.4 is 5.73 Å². The normalized spacial score (nSPS) is 30.3. The van der Waals surface area contributed by atoms with Crippen molar-refractivity contribution in [2.45, 2.75) is 30.6 Å². The minimum Gasteiger partial charge on any atom is -0.508 e. The van der Waals surface area contributed by atoms with Crippen molar-refractivity contribution in [3.8, 4) is 16.9 Å². The number of phenolic OH excluding ortho intramolecular Hbond substituents is 1. The molecule has 204 valence electrons. The molecule has 0 aliphatic heterocycles. The minimum absolute atomic E-state index is 0.132. The Morgan fingerprint density at radius 3 is 2.23 bits per heavy atom. The van der Waals surface area contributed by atoms with Crippen molar-refractivity contribution in [1.82, 2.24) is 4.90 Å². The first-order valence-corrected chi connectivity index (χ1v) is 12.2. The molecule has 39 heavy (non-hydrogen) atoms. The zero-order valence-electron chi connectivity index (χ0n) is 21.2. The second-order valence-corrected chi connectivity index (χ2v) is 10.5. The lowest BCUT2D eigenvalue weighted by atomic mass is 9.54. The van der Waals surface area contributed by atoms with Crippen molar-refractivity contribution >= 4 is 23.2 Å². The highest BCUT2D eigenvalue weighted by atomic mass is 19.1. The van der Waals surface area contributed by atoms with Gasteiger partial charge in [0.05, 0.1) is 23.6 Å². The van der Waals surface area contributed by atoms with Crippen LogP contribution in [0.3, 0.4) is 0 Å². The molecule has 11 heteroatoms. The smallest absolute Gasteiger partial charge is 0.255 e. The number of primary amides is 1. The van der Waals surface area contributed by atoms with Gasteiger partial charge in [-0.2, -0.15) is 0 Å². The molecule has 1 amide bonds. The molecule has 10 nitrogen and oxygen atoms in total. The van der Waals surface area contributed by atoms with Crippen molar-refractivity contribution in [3.05, 3.63) is 70.2 Å². The highest BCUT2D eigenvalue weighted by Crippen LogP contribution is 2.57. The van der Waals surface area contributed by atoms with Crippen LogP contribution in [0, 0.1) is 17.7 Å². The summed E-state index contributed by atoms with van der Waals surface area (Å²) in [6.07, 6.45) is -1.70. The van der Waals surface area contributed by atoms with Crippen molar-refractivity contribution in [3.63, 3.8) is 0 Å². The van der Waals surface area contributed by atoms with Crippen molar-refractivity contribution in [2.75, 3.05) is 14.1 Å². The van der Waals surface area contributed by atoms with Crippen molar-refractivity contribution in [1.29, 1.82) is 0 Å². The van der Waals surface area contributed by atoms with Crippen LogP contribution in [0.25, 0.3) is 16.9 Å². The number of benzene rings is 2. The molecule has 7 N–H and O–H groups in total. The summed E-state index contributed by atoms with van der Waals surface area (Å²) in [6, 6.07) is 6.89. The number of Topliss-reactive ketones (excluding diaryl/α,β-unsaturated/α-hetero) is 2. The maximum Gasteiger partial charge on any atom is 0.255 e. The predicted octanol–water partition coefficient (Wildman–Crippen LogP) is 1.30. The van der Waals surface area contributed by atoms with Gasteiger partial charge >= 0.3 is 0 Å². The lowest BCUT2D eigenvalue weighted by molar-refractivity contribution is -0.169. The van der Waals surface area contributed by atoms with Gasteiger partial charge in [-0.1, -0.05) is 25.1 Å². The van der Waals surface area contributed by atoms with E-state index in [4.69, 9.17) is 5.73 Å². The number of carbonyl (C=O) groups excluding carboxylic acids is 3. The van der Waals surface area contributed by atoms with E-state index in [-0.39, 0.29) is 5.56 Å². The second kappa shape index (κ2) is 8.73. The van der Waals surface area contributed by atoms with Gasteiger partial charge in [-0.15, -0.1) is 0 Å². The third-order valence-electron chi connectivity index (χ3n) is 8.26. The molecule has 1 fully saturated rings. The summed E-state index contributed by atoms with van der Waals surface area (Å²) in [5.74, 6) is -10.1. The molecule has 0 bridgehead atoms. The molecule has 5 rings (SSSR count). The van der Waals surface area contributed by atoms with E-state index in [1.165, 1.54) is 49.3 Å². The summed E-state index contributed by atoms with van der Waals surface area (Å²) in [5.41, 5.74) is 2.14. The number of hydrogen-bond donors (Lipinski definition) is 6. The summed E-state index contributed by atoms with van der Waals surface area (Å²) in [4.78, 5) is 40.7. The first-order chi connectivity index (χ1) is 18.2. The van der Waals surface area contributed by atoms with E-state index < -0.39 is 87.2 Å². The summed E-state index contributed by atoms with van der Waals surface area (Å²) in [6.45, 7) is 1.64. The molecule has 0 unspecified atom stereocenters. The molecular formula is C28H27FN2O8. The van der Waals surface area contributed by atoms with Gasteiger partial charge in [-0.25, -0.2) is 4.39 Å². The summed E-state index contributed by atoms with van der Waals surface area (Å²) in [7, 11) is 2.88. The van der Waals surface area contributed by atoms with E-state index in [0.29, 0.717) is 16.7 Å². The maximum absolute atomic E-state index is 14.0. The fraction of sp³-hybridized carbons (Fsp3) is 0.321. The molecular weight excluding hydrogens is 511 g/mol. The standard InChI is InChI=1S/C28H27FN2O8/c1-10-15-13(11-4-6-12(29)7-5-11)8-9-14(32)17(15)22(33)18-16(10)23(34)20-21(31(2)3)24(35)19(27(30)38)26(37)28(20,39)25(18)36/h4-10,16,20-21,23,32-34,37,39H,1-3H3,(H2,30,38)/t10-,16+,20+,21-,23-,28-/m0/s1. The number of hydrogen-bond acceptors (Lipinski definition) is 9. The molecule has 0 spiro atoms. The van der Waals surface area contributed by atoms with Crippen LogP contribution in [-0.2, 0) is 14.4 Å². The Labute approximate surface area is 222 Å². The lowest BCUT2D eigenvalue weighted by Gasteiger charge is -2.53. The summed E-state index contributed by atoms with van der Waals surface area (Å²) < 4.78 is 13.6.